The molecule has 2 aromatic rings. The zero-order chi connectivity index (χ0) is 14.4. The van der Waals surface area contributed by atoms with E-state index >= 15 is 0 Å². The third kappa shape index (κ3) is 3.89. The van der Waals surface area contributed by atoms with Gasteiger partial charge in [-0.15, -0.1) is 11.8 Å². The van der Waals surface area contributed by atoms with Gasteiger partial charge >= 0.3 is 0 Å². The summed E-state index contributed by atoms with van der Waals surface area (Å²) in [5, 5.41) is 0. The molecule has 0 aliphatic heterocycles. The number of thioether (sulfide) groups is 1. The van der Waals surface area contributed by atoms with Crippen molar-refractivity contribution in [3.05, 3.63) is 65.2 Å². The molecule has 1 unspecified atom stereocenters. The van der Waals surface area contributed by atoms with Crippen LogP contribution in [0.3, 0.4) is 0 Å². The largest absolute Gasteiger partial charge is 0.129 e. The highest BCUT2D eigenvalue weighted by molar-refractivity contribution is 9.09. The second-order valence-corrected chi connectivity index (χ2v) is 6.71. The standard InChI is InChI=1S/C18H21BrS/c1-3-4-7-14-10-12-15(13-11-14)18(19)16-8-5-6-9-17(16)20-2/h5-6,8-13,18H,3-4,7H2,1-2H3. The molecule has 0 nitrogen and oxygen atoms in total. The quantitative estimate of drug-likeness (QED) is 0.440. The van der Waals surface area contributed by atoms with Gasteiger partial charge in [-0.1, -0.05) is 71.7 Å². The Labute approximate surface area is 135 Å². The molecule has 0 aliphatic carbocycles. The maximum Gasteiger partial charge on any atom is 0.0655 e. The fraction of sp³-hybridized carbons (Fsp3) is 0.333. The second-order valence-electron chi connectivity index (χ2n) is 4.95. The van der Waals surface area contributed by atoms with Gasteiger partial charge in [0.1, 0.15) is 0 Å². The van der Waals surface area contributed by atoms with E-state index in [1.54, 1.807) is 11.8 Å². The molecule has 0 saturated carbocycles. The van der Waals surface area contributed by atoms with Crippen molar-refractivity contribution in [2.45, 2.75) is 35.9 Å². The van der Waals surface area contributed by atoms with Crippen molar-refractivity contribution in [3.8, 4) is 0 Å². The summed E-state index contributed by atoms with van der Waals surface area (Å²) in [6.45, 7) is 2.24. The summed E-state index contributed by atoms with van der Waals surface area (Å²) in [6.07, 6.45) is 5.84. The lowest BCUT2D eigenvalue weighted by molar-refractivity contribution is 0.794. The Morgan fingerprint density at radius 3 is 2.40 bits per heavy atom. The van der Waals surface area contributed by atoms with E-state index < -0.39 is 0 Å². The van der Waals surface area contributed by atoms with Gasteiger partial charge in [0, 0.05) is 4.90 Å². The molecule has 2 aromatic carbocycles. The molecule has 0 heterocycles. The van der Waals surface area contributed by atoms with Crippen molar-refractivity contribution < 1.29 is 0 Å². The molecule has 0 radical (unpaired) electrons. The van der Waals surface area contributed by atoms with Gasteiger partial charge in [-0.05, 0) is 41.9 Å². The smallest absolute Gasteiger partial charge is 0.0655 e. The fourth-order valence-electron chi connectivity index (χ4n) is 2.29. The van der Waals surface area contributed by atoms with Crippen molar-refractivity contribution >= 4 is 27.7 Å². The van der Waals surface area contributed by atoms with Gasteiger partial charge in [0.05, 0.1) is 4.83 Å². The minimum Gasteiger partial charge on any atom is -0.129 e. The van der Waals surface area contributed by atoms with Crippen molar-refractivity contribution in [1.82, 2.24) is 0 Å². The van der Waals surface area contributed by atoms with Crippen LogP contribution in [0.1, 0.15) is 41.3 Å². The number of hydrogen-bond donors (Lipinski definition) is 0. The Morgan fingerprint density at radius 1 is 1.05 bits per heavy atom. The van der Waals surface area contributed by atoms with Gasteiger partial charge in [0.2, 0.25) is 0 Å². The molecule has 0 aliphatic rings. The van der Waals surface area contributed by atoms with E-state index in [2.05, 4.69) is 77.6 Å². The third-order valence-corrected chi connectivity index (χ3v) is 5.34. The van der Waals surface area contributed by atoms with E-state index in [0.717, 1.165) is 0 Å². The summed E-state index contributed by atoms with van der Waals surface area (Å²) in [4.78, 5) is 1.61. The summed E-state index contributed by atoms with van der Waals surface area (Å²) >= 11 is 5.65. The topological polar surface area (TPSA) is 0 Å². The number of rotatable bonds is 6. The first-order chi connectivity index (χ1) is 9.76. The van der Waals surface area contributed by atoms with Crippen molar-refractivity contribution in [2.75, 3.05) is 6.26 Å². The molecule has 0 fully saturated rings. The Balaban J connectivity index is 2.18. The molecule has 0 N–H and O–H groups in total. The Morgan fingerprint density at radius 2 is 1.75 bits per heavy atom. The van der Waals surface area contributed by atoms with Crippen molar-refractivity contribution in [2.24, 2.45) is 0 Å². The number of aryl methyl sites for hydroxylation is 1. The number of hydrogen-bond acceptors (Lipinski definition) is 1. The highest BCUT2D eigenvalue weighted by Crippen LogP contribution is 2.36. The lowest BCUT2D eigenvalue weighted by Crippen LogP contribution is -1.95. The van der Waals surface area contributed by atoms with Gasteiger partial charge in [-0.2, -0.15) is 0 Å². The minimum absolute atomic E-state index is 0.270. The van der Waals surface area contributed by atoms with Gasteiger partial charge in [0.25, 0.3) is 0 Å². The monoisotopic (exact) mass is 348 g/mol. The van der Waals surface area contributed by atoms with Crippen LogP contribution < -0.4 is 0 Å². The van der Waals surface area contributed by atoms with Crippen LogP contribution in [-0.2, 0) is 6.42 Å². The van der Waals surface area contributed by atoms with Gasteiger partial charge < -0.3 is 0 Å². The molecule has 0 spiro atoms. The van der Waals surface area contributed by atoms with Gasteiger partial charge in [0.15, 0.2) is 0 Å². The summed E-state index contributed by atoms with van der Waals surface area (Å²) < 4.78 is 0. The lowest BCUT2D eigenvalue weighted by atomic mass is 10.0. The highest BCUT2D eigenvalue weighted by Gasteiger charge is 2.13. The number of unbranched alkanes of at least 4 members (excludes halogenated alkanes) is 1. The van der Waals surface area contributed by atoms with E-state index in [-0.39, 0.29) is 4.83 Å². The first kappa shape index (κ1) is 15.7. The maximum absolute atomic E-state index is 3.85. The summed E-state index contributed by atoms with van der Waals surface area (Å²) in [6, 6.07) is 17.6. The van der Waals surface area contributed by atoms with Crippen molar-refractivity contribution in [3.63, 3.8) is 0 Å². The maximum atomic E-state index is 3.85. The van der Waals surface area contributed by atoms with Crippen LogP contribution in [0.15, 0.2) is 53.4 Å². The zero-order valence-corrected chi connectivity index (χ0v) is 14.5. The molecule has 0 aromatic heterocycles. The van der Waals surface area contributed by atoms with Crippen LogP contribution in [0.4, 0.5) is 0 Å². The second kappa shape index (κ2) is 7.90. The van der Waals surface area contributed by atoms with Crippen molar-refractivity contribution in [1.29, 1.82) is 0 Å². The molecule has 106 valence electrons. The van der Waals surface area contributed by atoms with E-state index in [1.165, 1.54) is 40.8 Å². The molecule has 0 bridgehead atoms. The number of halogens is 1. The first-order valence-corrected chi connectivity index (χ1v) is 9.26. The Hall–Kier alpha value is -0.730. The zero-order valence-electron chi connectivity index (χ0n) is 12.1. The third-order valence-electron chi connectivity index (χ3n) is 3.50. The van der Waals surface area contributed by atoms with E-state index in [4.69, 9.17) is 0 Å². The SMILES string of the molecule is CCCCc1ccc(C(Br)c2ccccc2SC)cc1. The highest BCUT2D eigenvalue weighted by atomic mass is 79.9. The van der Waals surface area contributed by atoms with Crippen LogP contribution >= 0.6 is 27.7 Å². The summed E-state index contributed by atoms with van der Waals surface area (Å²) in [5.74, 6) is 0. The molecule has 1 atom stereocenters. The van der Waals surface area contributed by atoms with Crippen LogP contribution in [0.5, 0.6) is 0 Å². The summed E-state index contributed by atoms with van der Waals surface area (Å²) in [5.41, 5.74) is 4.11. The minimum atomic E-state index is 0.270. The molecule has 0 saturated heterocycles. The Kier molecular flexibility index (Phi) is 6.18. The Bertz CT molecular complexity index is 533. The van der Waals surface area contributed by atoms with Gasteiger partial charge in [-0.3, -0.25) is 0 Å². The lowest BCUT2D eigenvalue weighted by Gasteiger charge is -2.14. The molecule has 2 rings (SSSR count). The average molecular weight is 349 g/mol. The normalized spacial score (nSPS) is 12.3. The first-order valence-electron chi connectivity index (χ1n) is 7.12. The average Bonchev–Trinajstić information content (AvgIpc) is 2.52. The fourth-order valence-corrected chi connectivity index (χ4v) is 3.78. The van der Waals surface area contributed by atoms with E-state index in [9.17, 15) is 0 Å². The number of alkyl halides is 1. The van der Waals surface area contributed by atoms with E-state index in [0.29, 0.717) is 0 Å². The predicted octanol–water partition coefficient (Wildman–Crippen LogP) is 6.24. The van der Waals surface area contributed by atoms with Crippen LogP contribution in [0.2, 0.25) is 0 Å². The van der Waals surface area contributed by atoms with Crippen LogP contribution in [-0.4, -0.2) is 6.26 Å². The molecular formula is C18H21BrS. The molecular weight excluding hydrogens is 328 g/mol. The summed E-state index contributed by atoms with van der Waals surface area (Å²) in [7, 11) is 0. The van der Waals surface area contributed by atoms with Crippen LogP contribution in [0.25, 0.3) is 0 Å². The van der Waals surface area contributed by atoms with E-state index in [1.807, 2.05) is 0 Å². The number of benzene rings is 2. The molecule has 0 amide bonds. The van der Waals surface area contributed by atoms with Crippen LogP contribution in [0, 0.1) is 0 Å². The predicted molar refractivity (Wildman–Crippen MR) is 94.0 cm³/mol. The molecule has 2 heteroatoms. The van der Waals surface area contributed by atoms with Gasteiger partial charge in [-0.25, -0.2) is 0 Å². The molecule has 20 heavy (non-hydrogen) atoms.